The number of piperidine rings is 2. The van der Waals surface area contributed by atoms with Crippen LogP contribution >= 0.6 is 34.8 Å². The molecule has 28 heteroatoms. The van der Waals surface area contributed by atoms with E-state index in [4.69, 9.17) is 40.1 Å². The third kappa shape index (κ3) is 14.1. The smallest absolute Gasteiger partial charge is 0.254 e. The molecule has 1 saturated carbocycles. The molecule has 452 valence electrons. The molecule has 4 saturated heterocycles. The van der Waals surface area contributed by atoms with Crippen LogP contribution in [0.15, 0.2) is 73.3 Å². The van der Waals surface area contributed by atoms with E-state index in [1.165, 1.54) is 32.2 Å². The summed E-state index contributed by atoms with van der Waals surface area (Å²) in [6.45, 7) is 7.87. The zero-order chi connectivity index (χ0) is 60.4. The minimum Gasteiger partial charge on any atom is -0.380 e. The minimum atomic E-state index is -3.14. The molecule has 4 aliphatic heterocycles. The first-order chi connectivity index (χ1) is 40.6. The van der Waals surface area contributed by atoms with Crippen molar-refractivity contribution in [2.24, 2.45) is 0 Å². The van der Waals surface area contributed by atoms with E-state index in [0.29, 0.717) is 117 Å². The molecular weight excluding hydrogens is 1200 g/mol. The summed E-state index contributed by atoms with van der Waals surface area (Å²) in [4.78, 5) is 31.8. The molecule has 1 aliphatic carbocycles. The molecular formula is C57H67Cl3FN15O7S2. The van der Waals surface area contributed by atoms with Gasteiger partial charge in [-0.05, 0) is 117 Å². The number of benzene rings is 4. The first kappa shape index (κ1) is 61.5. The summed E-state index contributed by atoms with van der Waals surface area (Å²) in [5.41, 5.74) is 7.40. The molecule has 0 unspecified atom stereocenters. The van der Waals surface area contributed by atoms with Gasteiger partial charge in [0.05, 0.1) is 84.1 Å². The largest absolute Gasteiger partial charge is 0.380 e. The molecule has 5 N–H and O–H groups in total. The molecule has 8 heterocycles. The van der Waals surface area contributed by atoms with Crippen LogP contribution in [0.5, 0.6) is 0 Å². The number of aromatic amines is 4. The predicted octanol–water partition coefficient (Wildman–Crippen LogP) is 7.93. The third-order valence-electron chi connectivity index (χ3n) is 16.6. The van der Waals surface area contributed by atoms with E-state index in [1.807, 2.05) is 61.8 Å². The summed E-state index contributed by atoms with van der Waals surface area (Å²) in [5, 5.41) is 53.2. The first-order valence-corrected chi connectivity index (χ1v) is 33.0. The second-order valence-corrected chi connectivity index (χ2v) is 27.6. The van der Waals surface area contributed by atoms with Crippen LogP contribution in [-0.2, 0) is 29.6 Å². The zero-order valence-corrected chi connectivity index (χ0v) is 51.1. The molecule has 0 spiro atoms. The second kappa shape index (κ2) is 25.8. The molecule has 1 atom stereocenters. The Bertz CT molecular complexity index is 3990. The standard InChI is InChI=1S/C16H18ClN3O2.C15H17ClFN3O.C13H17ClN4O2S.C13H15N5O2S/c17-11-7-12(13-9-18-19-14(13)8-11)10-1-5-20(6-2-10)15(21)16(22)3-4-16;16-11-7-12(13-9-18-19-14(13)8-11)10-2-5-20(6-3-10)15(21)1-4-17;1-9-8-17(21(2,19)20)3-4-18(9)13-6-10(14)5-12-11(13)7-15-16-12;1-21(19,20)18-4-2-17(3-5-18)13-7-10(8-14)6-12-11(13)9-15-16-12/h7-10,22H,1-6H2,(H,18,19);7-10H,1-6H2,(H,18,19);5-7,9H,3-4,8H2,1-2H3,(H,15,16);6-7,9H,2-5H2,1H3,(H,15,16)/t;;9-;/m..1./s1. The second-order valence-electron chi connectivity index (χ2n) is 22.4. The van der Waals surface area contributed by atoms with Gasteiger partial charge in [0.2, 0.25) is 26.0 Å². The van der Waals surface area contributed by atoms with Gasteiger partial charge in [0.25, 0.3) is 5.91 Å². The summed E-state index contributed by atoms with van der Waals surface area (Å²) in [5.74, 6) is 0.552. The number of hydrogen-bond acceptors (Lipinski definition) is 14. The number of likely N-dealkylation sites (tertiary alicyclic amines) is 2. The number of nitriles is 1. The highest BCUT2D eigenvalue weighted by Crippen LogP contribution is 2.41. The fourth-order valence-corrected chi connectivity index (χ4v) is 14.3. The number of aromatic nitrogens is 8. The van der Waals surface area contributed by atoms with Gasteiger partial charge in [-0.3, -0.25) is 34.4 Å². The molecule has 85 heavy (non-hydrogen) atoms. The lowest BCUT2D eigenvalue weighted by atomic mass is 9.87. The predicted molar refractivity (Wildman–Crippen MR) is 328 cm³/mol. The van der Waals surface area contributed by atoms with E-state index in [-0.39, 0.29) is 24.3 Å². The maximum absolute atomic E-state index is 12.3. The van der Waals surface area contributed by atoms with Crippen LogP contribution in [0, 0.1) is 11.3 Å². The number of rotatable bonds is 9. The number of nitrogens with zero attached hydrogens (tertiary/aromatic N) is 11. The van der Waals surface area contributed by atoms with Gasteiger partial charge in [-0.25, -0.2) is 16.8 Å². The Morgan fingerprint density at radius 1 is 0.624 bits per heavy atom. The first-order valence-electron chi connectivity index (χ1n) is 28.1. The zero-order valence-electron chi connectivity index (χ0n) is 47.2. The molecule has 4 aromatic carbocycles. The van der Waals surface area contributed by atoms with Crippen LogP contribution in [-0.4, -0.2) is 196 Å². The number of nitrogens with one attached hydrogen (secondary N) is 4. The maximum atomic E-state index is 12.3. The Kier molecular flexibility index (Phi) is 18.6. The average Bonchev–Trinajstić information content (AvgIpc) is 3.12. The Morgan fingerprint density at radius 2 is 1.07 bits per heavy atom. The molecule has 0 bridgehead atoms. The third-order valence-corrected chi connectivity index (χ3v) is 19.9. The lowest BCUT2D eigenvalue weighted by Gasteiger charge is -2.40. The van der Waals surface area contributed by atoms with E-state index in [0.717, 1.165) is 80.7 Å². The van der Waals surface area contributed by atoms with Gasteiger partial charge in [0.1, 0.15) is 5.60 Å². The number of piperazine rings is 2. The summed E-state index contributed by atoms with van der Waals surface area (Å²) in [6.07, 6.45) is 14.4. The number of carbonyl (C=O) groups is 2. The highest BCUT2D eigenvalue weighted by molar-refractivity contribution is 7.88. The van der Waals surface area contributed by atoms with Crippen LogP contribution in [0.2, 0.25) is 15.1 Å². The number of carbonyl (C=O) groups excluding carboxylic acids is 2. The number of H-pyrrole nitrogens is 4. The van der Waals surface area contributed by atoms with Crippen LogP contribution in [0.25, 0.3) is 43.6 Å². The summed E-state index contributed by atoms with van der Waals surface area (Å²) in [7, 11) is -6.28. The molecule has 4 aromatic heterocycles. The van der Waals surface area contributed by atoms with Crippen LogP contribution in [0.3, 0.4) is 0 Å². The van der Waals surface area contributed by atoms with Crippen molar-refractivity contribution in [2.75, 3.05) is 101 Å². The maximum Gasteiger partial charge on any atom is 0.254 e. The number of anilines is 2. The Labute approximate surface area is 506 Å². The Morgan fingerprint density at radius 3 is 1.54 bits per heavy atom. The van der Waals surface area contributed by atoms with E-state index in [2.05, 4.69) is 56.7 Å². The number of fused-ring (bicyclic) bond motifs is 4. The van der Waals surface area contributed by atoms with Crippen LogP contribution in [0.4, 0.5) is 15.8 Å². The van der Waals surface area contributed by atoms with Crippen LogP contribution in [0.1, 0.15) is 80.4 Å². The van der Waals surface area contributed by atoms with E-state index in [1.54, 1.807) is 28.3 Å². The SMILES string of the molecule is CS(=O)(=O)N1CCN(c2cc(C#N)cc3[nH]ncc23)CC1.C[C@@H]1CN(S(C)(=O)=O)CCN1c1cc(Cl)cc2[nH]ncc12.O=C(CCF)N1CCC(c2cc(Cl)cc3[nH]ncc23)CC1.O=C(N1CCC(c2cc(Cl)cc3[nH]ncc23)CC1)C1(O)CC1. The lowest BCUT2D eigenvalue weighted by molar-refractivity contribution is -0.143. The van der Waals surface area contributed by atoms with Crippen molar-refractivity contribution in [3.63, 3.8) is 0 Å². The molecule has 5 aliphatic rings. The van der Waals surface area contributed by atoms with Gasteiger partial charge in [0, 0.05) is 126 Å². The van der Waals surface area contributed by atoms with Crippen molar-refractivity contribution < 1.29 is 35.9 Å². The number of sulfonamides is 2. The molecule has 0 radical (unpaired) electrons. The molecule has 5 fully saturated rings. The monoisotopic (exact) mass is 1260 g/mol. The van der Waals surface area contributed by atoms with Crippen molar-refractivity contribution >= 4 is 122 Å². The quantitative estimate of drug-likeness (QED) is 0.0918. The van der Waals surface area contributed by atoms with Gasteiger partial charge >= 0.3 is 0 Å². The fourth-order valence-electron chi connectivity index (χ4n) is 11.9. The van der Waals surface area contributed by atoms with Crippen LogP contribution < -0.4 is 9.80 Å². The van der Waals surface area contributed by atoms with E-state index in [9.17, 15) is 35.9 Å². The van der Waals surface area contributed by atoms with Gasteiger partial charge in [-0.2, -0.15) is 34.3 Å². The highest BCUT2D eigenvalue weighted by Gasteiger charge is 2.50. The highest BCUT2D eigenvalue weighted by atomic mass is 35.5. The molecule has 2 amide bonds. The van der Waals surface area contributed by atoms with E-state index < -0.39 is 32.3 Å². The number of hydrogen-bond donors (Lipinski definition) is 5. The Hall–Kier alpha value is -6.63. The van der Waals surface area contributed by atoms with Crippen molar-refractivity contribution in [3.8, 4) is 6.07 Å². The lowest BCUT2D eigenvalue weighted by Crippen LogP contribution is -2.53. The van der Waals surface area contributed by atoms with Crippen molar-refractivity contribution in [1.29, 1.82) is 5.26 Å². The molecule has 8 aromatic rings. The topological polar surface area (TPSA) is 281 Å². The molecule has 13 rings (SSSR count). The molecule has 22 nitrogen and oxygen atoms in total. The van der Waals surface area contributed by atoms with Gasteiger partial charge in [-0.1, -0.05) is 34.8 Å². The number of halogens is 4. The van der Waals surface area contributed by atoms with Gasteiger partial charge in [-0.15, -0.1) is 0 Å². The van der Waals surface area contributed by atoms with E-state index >= 15 is 0 Å². The van der Waals surface area contributed by atoms with Gasteiger partial charge in [0.15, 0.2) is 0 Å². The number of amides is 2. The number of aliphatic hydroxyl groups is 1. The summed E-state index contributed by atoms with van der Waals surface area (Å²) >= 11 is 18.5. The van der Waals surface area contributed by atoms with Gasteiger partial charge < -0.3 is 24.7 Å². The summed E-state index contributed by atoms with van der Waals surface area (Å²) < 4.78 is 61.7. The summed E-state index contributed by atoms with van der Waals surface area (Å²) in [6, 6.07) is 17.3. The minimum absolute atomic E-state index is 0.00614. The normalized spacial score (nSPS) is 19.0. The van der Waals surface area contributed by atoms with Crippen molar-refractivity contribution in [2.45, 2.75) is 75.3 Å². The average molecular weight is 1260 g/mol. The number of alkyl halides is 1. The van der Waals surface area contributed by atoms with Crippen molar-refractivity contribution in [1.82, 2.24) is 59.2 Å². The Balaban J connectivity index is 0.000000126. The fraction of sp³-hybridized carbons (Fsp3) is 0.456. The van der Waals surface area contributed by atoms with Crippen molar-refractivity contribution in [3.05, 3.63) is 105 Å².